The first kappa shape index (κ1) is 15.0. The van der Waals surface area contributed by atoms with Gasteiger partial charge in [-0.25, -0.2) is 0 Å². The Morgan fingerprint density at radius 1 is 1.29 bits per heavy atom. The number of likely N-dealkylation sites (tertiary alicyclic amines) is 1. The minimum absolute atomic E-state index is 0.466. The maximum absolute atomic E-state index is 3.72. The topological polar surface area (TPSA) is 15.3 Å². The Kier molecular flexibility index (Phi) is 4.94. The van der Waals surface area contributed by atoms with Gasteiger partial charge in [-0.05, 0) is 76.3 Å². The van der Waals surface area contributed by atoms with E-state index in [1.54, 1.807) is 0 Å². The molecular formula is C18H26N2S. The lowest BCUT2D eigenvalue weighted by molar-refractivity contribution is 0.211. The van der Waals surface area contributed by atoms with Gasteiger partial charge >= 0.3 is 0 Å². The molecule has 1 atom stereocenters. The van der Waals surface area contributed by atoms with Gasteiger partial charge in [-0.2, -0.15) is 0 Å². The second kappa shape index (κ2) is 6.91. The van der Waals surface area contributed by atoms with Crippen molar-refractivity contribution in [2.45, 2.75) is 32.2 Å². The van der Waals surface area contributed by atoms with Crippen molar-refractivity contribution < 1.29 is 0 Å². The molecule has 0 bridgehead atoms. The Bertz CT molecular complexity index is 536. The average molecular weight is 302 g/mol. The lowest BCUT2D eigenvalue weighted by Crippen LogP contribution is -2.31. The zero-order valence-corrected chi connectivity index (χ0v) is 14.0. The van der Waals surface area contributed by atoms with Gasteiger partial charge in [0.05, 0.1) is 0 Å². The molecule has 2 aromatic rings. The number of piperidine rings is 1. The molecule has 2 heterocycles. The van der Waals surface area contributed by atoms with Crippen molar-refractivity contribution in [1.29, 1.82) is 0 Å². The zero-order chi connectivity index (χ0) is 14.7. The molecule has 1 aliphatic rings. The lowest BCUT2D eigenvalue weighted by atomic mass is 9.94. The summed E-state index contributed by atoms with van der Waals surface area (Å²) in [5.74, 6) is 0.920. The molecule has 0 saturated carbocycles. The molecule has 2 nitrogen and oxygen atoms in total. The molecule has 1 unspecified atom stereocenters. The van der Waals surface area contributed by atoms with E-state index in [1.807, 2.05) is 11.3 Å². The van der Waals surface area contributed by atoms with Crippen LogP contribution in [0.4, 0.5) is 0 Å². The van der Waals surface area contributed by atoms with Crippen LogP contribution in [0.2, 0.25) is 0 Å². The zero-order valence-electron chi connectivity index (χ0n) is 13.1. The summed E-state index contributed by atoms with van der Waals surface area (Å²) in [5, 5.41) is 5.09. The van der Waals surface area contributed by atoms with Gasteiger partial charge in [0.2, 0.25) is 0 Å². The van der Waals surface area contributed by atoms with Crippen molar-refractivity contribution in [2.75, 3.05) is 26.7 Å². The van der Waals surface area contributed by atoms with Gasteiger partial charge in [-0.3, -0.25) is 0 Å². The second-order valence-electron chi connectivity index (χ2n) is 6.40. The monoisotopic (exact) mass is 302 g/mol. The predicted molar refractivity (Wildman–Crippen MR) is 93.1 cm³/mol. The molecule has 1 fully saturated rings. The minimum atomic E-state index is 0.466. The second-order valence-corrected chi connectivity index (χ2v) is 7.51. The number of hydrogen-bond acceptors (Lipinski definition) is 3. The van der Waals surface area contributed by atoms with Crippen LogP contribution < -0.4 is 5.32 Å². The maximum Gasteiger partial charge on any atom is 0.0386 e. The van der Waals surface area contributed by atoms with Crippen molar-refractivity contribution in [3.05, 3.63) is 35.2 Å². The number of nitrogens with zero attached hydrogens (tertiary/aromatic N) is 1. The van der Waals surface area contributed by atoms with Gasteiger partial charge in [0.15, 0.2) is 0 Å². The Morgan fingerprint density at radius 3 is 2.81 bits per heavy atom. The number of hydrogen-bond donors (Lipinski definition) is 1. The molecule has 1 aromatic heterocycles. The van der Waals surface area contributed by atoms with Crippen LogP contribution in [-0.4, -0.2) is 31.6 Å². The Morgan fingerprint density at radius 2 is 2.05 bits per heavy atom. The standard InChI is InChI=1S/C18H26N2S/c1-14(18-13-16-5-3-4-6-17(16)21-18)19-10-7-15-8-11-20(2)12-9-15/h3-6,13-15,19H,7-12H2,1-2H3. The van der Waals surface area contributed by atoms with E-state index in [4.69, 9.17) is 0 Å². The van der Waals surface area contributed by atoms with Crippen LogP contribution in [0.3, 0.4) is 0 Å². The Labute approximate surface area is 132 Å². The number of nitrogens with one attached hydrogen (secondary N) is 1. The molecule has 1 saturated heterocycles. The number of rotatable bonds is 5. The fraction of sp³-hybridized carbons (Fsp3) is 0.556. The third kappa shape index (κ3) is 3.85. The van der Waals surface area contributed by atoms with Crippen molar-refractivity contribution in [1.82, 2.24) is 10.2 Å². The molecule has 0 aliphatic carbocycles. The maximum atomic E-state index is 3.72. The quantitative estimate of drug-likeness (QED) is 0.886. The molecule has 0 spiro atoms. The van der Waals surface area contributed by atoms with E-state index in [0.717, 1.165) is 12.5 Å². The van der Waals surface area contributed by atoms with E-state index in [9.17, 15) is 0 Å². The van der Waals surface area contributed by atoms with Crippen LogP contribution in [0.1, 0.15) is 37.1 Å². The van der Waals surface area contributed by atoms with Crippen molar-refractivity contribution in [2.24, 2.45) is 5.92 Å². The van der Waals surface area contributed by atoms with Crippen molar-refractivity contribution >= 4 is 21.4 Å². The SMILES string of the molecule is CC(NCCC1CCN(C)CC1)c1cc2ccccc2s1. The normalized spacial score (nSPS) is 19.1. The number of benzene rings is 1. The first-order valence-electron chi connectivity index (χ1n) is 8.13. The summed E-state index contributed by atoms with van der Waals surface area (Å²) in [6, 6.07) is 11.5. The summed E-state index contributed by atoms with van der Waals surface area (Å²) >= 11 is 1.92. The van der Waals surface area contributed by atoms with Gasteiger partial charge in [0.1, 0.15) is 0 Å². The van der Waals surface area contributed by atoms with Gasteiger partial charge in [-0.15, -0.1) is 11.3 Å². The first-order chi connectivity index (χ1) is 10.2. The molecule has 21 heavy (non-hydrogen) atoms. The molecule has 0 radical (unpaired) electrons. The lowest BCUT2D eigenvalue weighted by Gasteiger charge is -2.29. The Hall–Kier alpha value is -0.900. The predicted octanol–water partition coefficient (Wildman–Crippen LogP) is 4.28. The molecule has 0 amide bonds. The molecule has 1 N–H and O–H groups in total. The average Bonchev–Trinajstić information content (AvgIpc) is 2.93. The van der Waals surface area contributed by atoms with Crippen LogP contribution in [0.15, 0.2) is 30.3 Å². The summed E-state index contributed by atoms with van der Waals surface area (Å²) in [5.41, 5.74) is 0. The highest BCUT2D eigenvalue weighted by atomic mass is 32.1. The van der Waals surface area contributed by atoms with E-state index in [0.29, 0.717) is 6.04 Å². The molecular weight excluding hydrogens is 276 g/mol. The van der Waals surface area contributed by atoms with Gasteiger partial charge in [0.25, 0.3) is 0 Å². The minimum Gasteiger partial charge on any atom is -0.309 e. The van der Waals surface area contributed by atoms with Crippen LogP contribution >= 0.6 is 11.3 Å². The van der Waals surface area contributed by atoms with Gasteiger partial charge < -0.3 is 10.2 Å². The van der Waals surface area contributed by atoms with Crippen LogP contribution in [0.25, 0.3) is 10.1 Å². The fourth-order valence-electron chi connectivity index (χ4n) is 3.17. The van der Waals surface area contributed by atoms with Gasteiger partial charge in [-0.1, -0.05) is 18.2 Å². The molecule has 114 valence electrons. The smallest absolute Gasteiger partial charge is 0.0386 e. The van der Waals surface area contributed by atoms with E-state index in [1.165, 1.54) is 47.3 Å². The number of fused-ring (bicyclic) bond motifs is 1. The summed E-state index contributed by atoms with van der Waals surface area (Å²) in [7, 11) is 2.23. The summed E-state index contributed by atoms with van der Waals surface area (Å²) in [4.78, 5) is 3.91. The van der Waals surface area contributed by atoms with Crippen molar-refractivity contribution in [3.8, 4) is 0 Å². The highest BCUT2D eigenvalue weighted by Gasteiger charge is 2.16. The highest BCUT2D eigenvalue weighted by molar-refractivity contribution is 7.19. The summed E-state index contributed by atoms with van der Waals surface area (Å²) < 4.78 is 1.40. The van der Waals surface area contributed by atoms with Crippen LogP contribution in [0.5, 0.6) is 0 Å². The largest absolute Gasteiger partial charge is 0.309 e. The Balaban J connectivity index is 1.48. The molecule has 3 rings (SSSR count). The molecule has 1 aliphatic heterocycles. The van der Waals surface area contributed by atoms with E-state index in [2.05, 4.69) is 54.5 Å². The van der Waals surface area contributed by atoms with Crippen LogP contribution in [-0.2, 0) is 0 Å². The molecule has 3 heteroatoms. The fourth-order valence-corrected chi connectivity index (χ4v) is 4.26. The third-order valence-electron chi connectivity index (χ3n) is 4.71. The first-order valence-corrected chi connectivity index (χ1v) is 8.94. The third-order valence-corrected chi connectivity index (χ3v) is 6.01. The molecule has 1 aromatic carbocycles. The van der Waals surface area contributed by atoms with Gasteiger partial charge in [0, 0.05) is 15.6 Å². The van der Waals surface area contributed by atoms with Crippen molar-refractivity contribution in [3.63, 3.8) is 0 Å². The van der Waals surface area contributed by atoms with E-state index >= 15 is 0 Å². The highest BCUT2D eigenvalue weighted by Crippen LogP contribution is 2.29. The van der Waals surface area contributed by atoms with E-state index < -0.39 is 0 Å². The number of thiophene rings is 1. The summed E-state index contributed by atoms with van der Waals surface area (Å²) in [6.07, 6.45) is 4.06. The van der Waals surface area contributed by atoms with E-state index in [-0.39, 0.29) is 0 Å². The van der Waals surface area contributed by atoms with Crippen LogP contribution in [0, 0.1) is 5.92 Å². The summed E-state index contributed by atoms with van der Waals surface area (Å²) in [6.45, 7) is 5.98.